The van der Waals surface area contributed by atoms with Gasteiger partial charge in [-0.2, -0.15) is 0 Å². The van der Waals surface area contributed by atoms with E-state index < -0.39 is 0 Å². The molecule has 0 saturated heterocycles. The first-order valence-electron chi connectivity index (χ1n) is 5.55. The minimum atomic E-state index is 0.867. The highest BCUT2D eigenvalue weighted by Crippen LogP contribution is 2.17. The zero-order chi connectivity index (χ0) is 12.3. The van der Waals surface area contributed by atoms with Gasteiger partial charge in [-0.05, 0) is 46.1 Å². The molecule has 3 heteroatoms. The van der Waals surface area contributed by atoms with Crippen LogP contribution in [0.4, 0.5) is 5.82 Å². The van der Waals surface area contributed by atoms with E-state index in [1.165, 1.54) is 11.1 Å². The number of hydrogen-bond donors (Lipinski definition) is 0. The van der Waals surface area contributed by atoms with Crippen LogP contribution < -0.4 is 4.90 Å². The summed E-state index contributed by atoms with van der Waals surface area (Å²) in [4.78, 5) is 6.59. The van der Waals surface area contributed by atoms with Gasteiger partial charge in [0.05, 0.1) is 0 Å². The lowest BCUT2D eigenvalue weighted by atomic mass is 10.1. The largest absolute Gasteiger partial charge is 0.355 e. The second-order valence-electron chi connectivity index (χ2n) is 4.10. The Bertz CT molecular complexity index is 511. The molecule has 0 unspecified atom stereocenters. The third kappa shape index (κ3) is 3.07. The summed E-state index contributed by atoms with van der Waals surface area (Å²) in [6.07, 6.45) is 0. The summed E-state index contributed by atoms with van der Waals surface area (Å²) >= 11 is 3.39. The number of rotatable bonds is 3. The number of aromatic nitrogens is 1. The topological polar surface area (TPSA) is 16.1 Å². The predicted octanol–water partition coefficient (Wildman–Crippen LogP) is 3.79. The molecule has 1 aromatic carbocycles. The Morgan fingerprint density at radius 3 is 2.59 bits per heavy atom. The Hall–Kier alpha value is -1.35. The van der Waals surface area contributed by atoms with Crippen LogP contribution in [0, 0.1) is 6.92 Å². The van der Waals surface area contributed by atoms with Crippen LogP contribution in [0.5, 0.6) is 0 Å². The van der Waals surface area contributed by atoms with Gasteiger partial charge in [0.25, 0.3) is 0 Å². The van der Waals surface area contributed by atoms with Crippen molar-refractivity contribution in [3.63, 3.8) is 0 Å². The molecule has 0 spiro atoms. The fraction of sp³-hybridized carbons (Fsp3) is 0.214. The molecule has 0 N–H and O–H groups in total. The third-order valence-electron chi connectivity index (χ3n) is 2.76. The maximum Gasteiger partial charge on any atom is 0.129 e. The summed E-state index contributed by atoms with van der Waals surface area (Å²) in [6.45, 7) is 3.01. The van der Waals surface area contributed by atoms with Crippen LogP contribution in [0.3, 0.4) is 0 Å². The Balaban J connectivity index is 2.17. The number of benzene rings is 1. The molecule has 0 aliphatic rings. The molecule has 0 aliphatic carbocycles. The molecule has 0 fully saturated rings. The molecule has 2 nitrogen and oxygen atoms in total. The zero-order valence-electron chi connectivity index (χ0n) is 10.0. The average Bonchev–Trinajstić information content (AvgIpc) is 2.32. The molecule has 2 aromatic rings. The van der Waals surface area contributed by atoms with Gasteiger partial charge >= 0.3 is 0 Å². The van der Waals surface area contributed by atoms with Crippen LogP contribution in [0.2, 0.25) is 0 Å². The highest BCUT2D eigenvalue weighted by atomic mass is 79.9. The monoisotopic (exact) mass is 290 g/mol. The minimum Gasteiger partial charge on any atom is -0.355 e. The van der Waals surface area contributed by atoms with Crippen molar-refractivity contribution < 1.29 is 0 Å². The van der Waals surface area contributed by atoms with Crippen molar-refractivity contribution in [3.8, 4) is 0 Å². The summed E-state index contributed by atoms with van der Waals surface area (Å²) in [7, 11) is 2.06. The standard InChI is InChI=1S/C14H15BrN2/c1-11-6-3-4-7-12(11)10-17(2)14-9-5-8-13(15)16-14/h3-9H,10H2,1-2H3. The van der Waals surface area contributed by atoms with E-state index in [9.17, 15) is 0 Å². The van der Waals surface area contributed by atoms with Crippen LogP contribution in [0.15, 0.2) is 47.1 Å². The van der Waals surface area contributed by atoms with Gasteiger partial charge < -0.3 is 4.90 Å². The molecule has 88 valence electrons. The number of aryl methyl sites for hydroxylation is 1. The molecule has 1 heterocycles. The average molecular weight is 291 g/mol. The molecule has 0 saturated carbocycles. The minimum absolute atomic E-state index is 0.867. The van der Waals surface area contributed by atoms with E-state index in [-0.39, 0.29) is 0 Å². The van der Waals surface area contributed by atoms with Gasteiger partial charge in [-0.1, -0.05) is 30.3 Å². The highest BCUT2D eigenvalue weighted by molar-refractivity contribution is 9.10. The zero-order valence-corrected chi connectivity index (χ0v) is 11.6. The third-order valence-corrected chi connectivity index (χ3v) is 3.20. The van der Waals surface area contributed by atoms with Crippen LogP contribution in [0.1, 0.15) is 11.1 Å². The maximum absolute atomic E-state index is 4.44. The van der Waals surface area contributed by atoms with Gasteiger partial charge in [-0.25, -0.2) is 4.98 Å². The van der Waals surface area contributed by atoms with Crippen molar-refractivity contribution >= 4 is 21.7 Å². The van der Waals surface area contributed by atoms with Gasteiger partial charge in [-0.15, -0.1) is 0 Å². The Kier molecular flexibility index (Phi) is 3.79. The van der Waals surface area contributed by atoms with Crippen molar-refractivity contribution in [1.82, 2.24) is 4.98 Å². The number of hydrogen-bond acceptors (Lipinski definition) is 2. The van der Waals surface area contributed by atoms with Crippen LogP contribution in [0.25, 0.3) is 0 Å². The molecule has 0 amide bonds. The van der Waals surface area contributed by atoms with Crippen LogP contribution in [-0.4, -0.2) is 12.0 Å². The predicted molar refractivity (Wildman–Crippen MR) is 75.2 cm³/mol. The van der Waals surface area contributed by atoms with Gasteiger partial charge in [0.1, 0.15) is 10.4 Å². The lowest BCUT2D eigenvalue weighted by Gasteiger charge is -2.19. The molecule has 0 radical (unpaired) electrons. The molecule has 2 rings (SSSR count). The summed E-state index contributed by atoms with van der Waals surface area (Å²) < 4.78 is 0.867. The van der Waals surface area contributed by atoms with Crippen molar-refractivity contribution in [2.75, 3.05) is 11.9 Å². The SMILES string of the molecule is Cc1ccccc1CN(C)c1cccc(Br)n1. The number of anilines is 1. The van der Waals surface area contributed by atoms with Crippen molar-refractivity contribution in [3.05, 3.63) is 58.2 Å². The number of nitrogens with zero attached hydrogens (tertiary/aromatic N) is 2. The lowest BCUT2D eigenvalue weighted by Crippen LogP contribution is -2.18. The second-order valence-corrected chi connectivity index (χ2v) is 4.91. The van der Waals surface area contributed by atoms with Crippen molar-refractivity contribution in [2.45, 2.75) is 13.5 Å². The van der Waals surface area contributed by atoms with E-state index in [0.29, 0.717) is 0 Å². The molecule has 0 bridgehead atoms. The van der Waals surface area contributed by atoms with E-state index in [1.54, 1.807) is 0 Å². The number of pyridine rings is 1. The van der Waals surface area contributed by atoms with Crippen LogP contribution in [-0.2, 0) is 6.54 Å². The molecule has 0 atom stereocenters. The molecular formula is C14H15BrN2. The summed E-state index contributed by atoms with van der Waals surface area (Å²) in [5.74, 6) is 0.975. The highest BCUT2D eigenvalue weighted by Gasteiger charge is 2.05. The number of halogens is 1. The van der Waals surface area contributed by atoms with E-state index in [0.717, 1.165) is 17.0 Å². The lowest BCUT2D eigenvalue weighted by molar-refractivity contribution is 0.888. The smallest absolute Gasteiger partial charge is 0.129 e. The first-order chi connectivity index (χ1) is 8.16. The molecule has 17 heavy (non-hydrogen) atoms. The van der Waals surface area contributed by atoms with Crippen molar-refractivity contribution in [2.24, 2.45) is 0 Å². The van der Waals surface area contributed by atoms with Gasteiger partial charge in [-0.3, -0.25) is 0 Å². The Labute approximate surface area is 110 Å². The fourth-order valence-electron chi connectivity index (χ4n) is 1.73. The van der Waals surface area contributed by atoms with Gasteiger partial charge in [0, 0.05) is 13.6 Å². The molecule has 1 aromatic heterocycles. The van der Waals surface area contributed by atoms with Gasteiger partial charge in [0.2, 0.25) is 0 Å². The van der Waals surface area contributed by atoms with Gasteiger partial charge in [0.15, 0.2) is 0 Å². The van der Waals surface area contributed by atoms with E-state index in [2.05, 4.69) is 64.1 Å². The summed E-state index contributed by atoms with van der Waals surface area (Å²) in [5, 5.41) is 0. The first-order valence-corrected chi connectivity index (χ1v) is 6.34. The molecular weight excluding hydrogens is 276 g/mol. The first kappa shape index (κ1) is 12.1. The Morgan fingerprint density at radius 2 is 1.88 bits per heavy atom. The quantitative estimate of drug-likeness (QED) is 0.800. The van der Waals surface area contributed by atoms with E-state index in [4.69, 9.17) is 0 Å². The maximum atomic E-state index is 4.44. The van der Waals surface area contributed by atoms with E-state index >= 15 is 0 Å². The van der Waals surface area contributed by atoms with Crippen molar-refractivity contribution in [1.29, 1.82) is 0 Å². The summed E-state index contributed by atoms with van der Waals surface area (Å²) in [6, 6.07) is 14.4. The van der Waals surface area contributed by atoms with E-state index in [1.807, 2.05) is 18.2 Å². The normalized spacial score (nSPS) is 10.3. The summed E-state index contributed by atoms with van der Waals surface area (Å²) in [5.41, 5.74) is 2.64. The Morgan fingerprint density at radius 1 is 1.12 bits per heavy atom. The molecule has 0 aliphatic heterocycles. The fourth-order valence-corrected chi connectivity index (χ4v) is 2.07. The van der Waals surface area contributed by atoms with Crippen LogP contribution >= 0.6 is 15.9 Å². The second kappa shape index (κ2) is 5.32.